The summed E-state index contributed by atoms with van der Waals surface area (Å²) in [5, 5.41) is 126. The van der Waals surface area contributed by atoms with Gasteiger partial charge in [0.1, 0.15) is 84.0 Å². The largest absolute Gasteiger partial charge is 0.507 e. The number of hydrogen-bond donors (Lipinski definition) is 12. The number of aromatic hydroxyl groups is 4. The van der Waals surface area contributed by atoms with Gasteiger partial charge in [-0.25, -0.2) is 4.79 Å². The fraction of sp³-hybridized carbons (Fsp3) is 0.429. The van der Waals surface area contributed by atoms with Gasteiger partial charge in [0.05, 0.1) is 19.8 Å². The molecule has 0 spiro atoms. The van der Waals surface area contributed by atoms with E-state index in [0.29, 0.717) is 5.56 Å². The average molecular weight is 919 g/mol. The Kier molecular flexibility index (Phi) is 14.0. The highest BCUT2D eigenvalue weighted by Crippen LogP contribution is 2.40. The van der Waals surface area contributed by atoms with E-state index in [0.717, 1.165) is 30.3 Å². The maximum atomic E-state index is 14.3. The third kappa shape index (κ3) is 9.77. The van der Waals surface area contributed by atoms with Crippen molar-refractivity contribution < 1.29 is 108 Å². The minimum absolute atomic E-state index is 0.121. The first-order chi connectivity index (χ1) is 30.9. The Labute approximate surface area is 366 Å². The number of phenolic OH excluding ortho intramolecular Hbond substituents is 4. The SMILES string of the molecule is COc1cc(C=CC(=O)OC[C@@H]2O[C@H](O[C@@H]3[C@@H](Oc4c(-c5ccc(O)c(O)c5)oc5cc(O[C@H]6O[C@@H](C)[C@H](O)[C@@H](O)[C@@H]6O)cc(O)c5c4=O)OC[C@H](O)[C@H]3O)[C@@H](O)[C@H](O)[C@H]2O)ccc1O. The number of aliphatic hydroxyl groups excluding tert-OH is 8. The molecule has 4 aromatic rings. The Hall–Kier alpha value is -5.80. The molecule has 3 aromatic carbocycles. The predicted octanol–water partition coefficient (Wildman–Crippen LogP) is -1.60. The lowest BCUT2D eigenvalue weighted by Crippen LogP contribution is -2.63. The van der Waals surface area contributed by atoms with E-state index in [1.807, 2.05) is 0 Å². The summed E-state index contributed by atoms with van der Waals surface area (Å²) in [7, 11) is 1.34. The van der Waals surface area contributed by atoms with E-state index in [4.69, 9.17) is 42.3 Å². The van der Waals surface area contributed by atoms with Crippen molar-refractivity contribution in [3.8, 4) is 51.6 Å². The second-order valence-corrected chi connectivity index (χ2v) is 15.3. The van der Waals surface area contributed by atoms with Crippen LogP contribution in [-0.2, 0) is 28.5 Å². The number of esters is 1. The van der Waals surface area contributed by atoms with Gasteiger partial charge in [-0.1, -0.05) is 6.07 Å². The van der Waals surface area contributed by atoms with Gasteiger partial charge >= 0.3 is 5.97 Å². The summed E-state index contributed by atoms with van der Waals surface area (Å²) in [4.78, 5) is 26.9. The summed E-state index contributed by atoms with van der Waals surface area (Å²) in [6.45, 7) is 0.0622. The van der Waals surface area contributed by atoms with Crippen molar-refractivity contribution in [2.75, 3.05) is 20.3 Å². The Balaban J connectivity index is 1.16. The van der Waals surface area contributed by atoms with Gasteiger partial charge in [0.15, 0.2) is 41.2 Å². The van der Waals surface area contributed by atoms with Crippen molar-refractivity contribution in [3.63, 3.8) is 0 Å². The smallest absolute Gasteiger partial charge is 0.330 e. The maximum Gasteiger partial charge on any atom is 0.330 e. The van der Waals surface area contributed by atoms with E-state index in [9.17, 15) is 70.9 Å². The van der Waals surface area contributed by atoms with Crippen LogP contribution in [0.25, 0.3) is 28.4 Å². The highest BCUT2D eigenvalue weighted by Gasteiger charge is 2.50. The van der Waals surface area contributed by atoms with Crippen LogP contribution in [0.3, 0.4) is 0 Å². The normalized spacial score (nSPS) is 31.7. The first-order valence-electron chi connectivity index (χ1n) is 19.8. The van der Waals surface area contributed by atoms with E-state index in [1.165, 1.54) is 44.4 Å². The molecular weight excluding hydrogens is 872 g/mol. The number of rotatable bonds is 12. The number of methoxy groups -OCH3 is 1. The molecule has 1 aromatic heterocycles. The van der Waals surface area contributed by atoms with Gasteiger partial charge in [-0.05, 0) is 48.9 Å². The van der Waals surface area contributed by atoms with Crippen molar-refractivity contribution in [2.24, 2.45) is 0 Å². The van der Waals surface area contributed by atoms with Gasteiger partial charge in [0.2, 0.25) is 23.8 Å². The third-order valence-corrected chi connectivity index (χ3v) is 10.8. The second-order valence-electron chi connectivity index (χ2n) is 15.3. The van der Waals surface area contributed by atoms with Gasteiger partial charge in [-0.15, -0.1) is 0 Å². The minimum atomic E-state index is -2.06. The molecule has 3 saturated heterocycles. The van der Waals surface area contributed by atoms with E-state index in [2.05, 4.69) is 0 Å². The molecule has 0 bridgehead atoms. The molecule has 0 amide bonds. The molecule has 0 aliphatic carbocycles. The first kappa shape index (κ1) is 47.2. The molecule has 352 valence electrons. The number of aliphatic hydroxyl groups is 8. The van der Waals surface area contributed by atoms with Crippen LogP contribution in [0, 0.1) is 0 Å². The molecule has 3 aliphatic rings. The second kappa shape index (κ2) is 19.4. The van der Waals surface area contributed by atoms with Gasteiger partial charge in [0.25, 0.3) is 0 Å². The lowest BCUT2D eigenvalue weighted by molar-refractivity contribution is -0.348. The van der Waals surface area contributed by atoms with Gasteiger partial charge in [-0.2, -0.15) is 0 Å². The summed E-state index contributed by atoms with van der Waals surface area (Å²) in [6.07, 6.45) is -22.0. The molecule has 65 heavy (non-hydrogen) atoms. The summed E-state index contributed by atoms with van der Waals surface area (Å²) in [6, 6.07) is 9.52. The molecule has 7 rings (SSSR count). The van der Waals surface area contributed by atoms with Crippen LogP contribution < -0.4 is 19.6 Å². The van der Waals surface area contributed by atoms with E-state index in [1.54, 1.807) is 0 Å². The third-order valence-electron chi connectivity index (χ3n) is 10.8. The molecule has 0 saturated carbocycles. The van der Waals surface area contributed by atoms with Crippen molar-refractivity contribution >= 4 is 23.0 Å². The van der Waals surface area contributed by atoms with Crippen LogP contribution in [0.15, 0.2) is 63.8 Å². The highest BCUT2D eigenvalue weighted by molar-refractivity contribution is 5.89. The van der Waals surface area contributed by atoms with E-state index in [-0.39, 0.29) is 28.4 Å². The topological polar surface area (TPSA) is 364 Å². The van der Waals surface area contributed by atoms with Gasteiger partial charge in [0, 0.05) is 23.8 Å². The molecule has 14 atom stereocenters. The molecule has 3 fully saturated rings. The maximum absolute atomic E-state index is 14.3. The zero-order valence-corrected chi connectivity index (χ0v) is 34.1. The van der Waals surface area contributed by atoms with Crippen LogP contribution in [0.2, 0.25) is 0 Å². The Morgan fingerprint density at radius 3 is 2.17 bits per heavy atom. The summed E-state index contributed by atoms with van der Waals surface area (Å²) >= 11 is 0. The van der Waals surface area contributed by atoms with Crippen LogP contribution in [0.4, 0.5) is 0 Å². The molecule has 0 radical (unpaired) electrons. The van der Waals surface area contributed by atoms with Gasteiger partial charge in [-0.3, -0.25) is 4.79 Å². The summed E-state index contributed by atoms with van der Waals surface area (Å²) in [5.41, 5.74) is -1.18. The van der Waals surface area contributed by atoms with Crippen molar-refractivity contribution in [1.82, 2.24) is 0 Å². The minimum Gasteiger partial charge on any atom is -0.507 e. The highest BCUT2D eigenvalue weighted by atomic mass is 16.8. The molecule has 3 aliphatic heterocycles. The predicted molar refractivity (Wildman–Crippen MR) is 214 cm³/mol. The Morgan fingerprint density at radius 2 is 1.45 bits per heavy atom. The molecule has 12 N–H and O–H groups in total. The number of carbonyl (C=O) groups is 1. The van der Waals surface area contributed by atoms with Crippen LogP contribution in [0.5, 0.6) is 40.2 Å². The lowest BCUT2D eigenvalue weighted by atomic mass is 9.98. The fourth-order valence-corrected chi connectivity index (χ4v) is 7.16. The molecular formula is C42H46O23. The summed E-state index contributed by atoms with van der Waals surface area (Å²) in [5.74, 6) is -4.49. The van der Waals surface area contributed by atoms with Crippen molar-refractivity contribution in [2.45, 2.75) is 92.9 Å². The lowest BCUT2D eigenvalue weighted by Gasteiger charge is -2.44. The number of carbonyl (C=O) groups excluding carboxylic acids is 1. The number of hydrogen-bond acceptors (Lipinski definition) is 23. The van der Waals surface area contributed by atoms with Crippen LogP contribution in [-0.4, -0.2) is 174 Å². The molecule has 4 heterocycles. The number of fused-ring (bicyclic) bond motifs is 1. The number of phenols is 4. The first-order valence-corrected chi connectivity index (χ1v) is 19.8. The molecule has 0 unspecified atom stereocenters. The van der Waals surface area contributed by atoms with Crippen LogP contribution in [0.1, 0.15) is 12.5 Å². The van der Waals surface area contributed by atoms with E-state index >= 15 is 0 Å². The van der Waals surface area contributed by atoms with Crippen molar-refractivity contribution in [1.29, 1.82) is 0 Å². The average Bonchev–Trinajstić information content (AvgIpc) is 3.27. The number of ether oxygens (including phenoxy) is 8. The fourth-order valence-electron chi connectivity index (χ4n) is 7.16. The zero-order valence-electron chi connectivity index (χ0n) is 34.1. The Morgan fingerprint density at radius 1 is 0.738 bits per heavy atom. The quantitative estimate of drug-likeness (QED) is 0.0433. The molecule has 23 nitrogen and oxygen atoms in total. The van der Waals surface area contributed by atoms with E-state index < -0.39 is 145 Å². The van der Waals surface area contributed by atoms with Gasteiger partial charge < -0.3 is 104 Å². The van der Waals surface area contributed by atoms with Crippen LogP contribution >= 0.6 is 0 Å². The standard InChI is InChI=1S/C42H46O23/c1-15-29(49)33(53)35(55)40(60-15)61-18-11-22(46)28-25(12-18)62-37(17-5-7-19(43)21(45)10-17)38(32(28)52)64-42-39(30(50)23(47)13-59-42)65-41-36(56)34(54)31(51)26(63-41)14-58-27(48)8-4-16-3-6-20(44)24(9-16)57-2/h3-12,15,23,26,29-31,33-36,39-47,49-51,53-56H,13-14H2,1-2H3/t15-,23-,26-,29-,30+,31-,33+,34+,35-,36-,39-,40+,41+,42+/m0/s1. The zero-order chi connectivity index (χ0) is 47.0. The number of benzene rings is 3. The molecule has 23 heteroatoms. The van der Waals surface area contributed by atoms with Crippen molar-refractivity contribution in [3.05, 3.63) is 70.4 Å². The Bertz CT molecular complexity index is 2440. The monoisotopic (exact) mass is 918 g/mol. The summed E-state index contributed by atoms with van der Waals surface area (Å²) < 4.78 is 50.5.